The van der Waals surface area contributed by atoms with Crippen LogP contribution in [-0.2, 0) is 0 Å². The van der Waals surface area contributed by atoms with Gasteiger partial charge < -0.3 is 18.9 Å². The lowest BCUT2D eigenvalue weighted by Gasteiger charge is -2.27. The second-order valence-electron chi connectivity index (χ2n) is 19.3. The zero-order valence-electron chi connectivity index (χ0n) is 39.3. The van der Waals surface area contributed by atoms with Crippen molar-refractivity contribution >= 4 is 120 Å². The molecule has 0 radical (unpaired) electrons. The Morgan fingerprint density at radius 3 is 1.85 bits per heavy atom. The number of amidine groups is 2. The van der Waals surface area contributed by atoms with E-state index in [1.54, 1.807) is 0 Å². The minimum Gasteiger partial charge on any atom is -0.455 e. The van der Waals surface area contributed by atoms with Crippen LogP contribution >= 0.6 is 0 Å². The highest BCUT2D eigenvalue weighted by atomic mass is 16.3. The van der Waals surface area contributed by atoms with Gasteiger partial charge in [0, 0.05) is 60.1 Å². The van der Waals surface area contributed by atoms with Crippen molar-refractivity contribution in [1.29, 1.82) is 0 Å². The largest absolute Gasteiger partial charge is 0.455 e. The molecule has 0 spiro atoms. The summed E-state index contributed by atoms with van der Waals surface area (Å²) >= 11 is 0. The molecule has 340 valence electrons. The second-order valence-corrected chi connectivity index (χ2v) is 19.3. The fraction of sp³-hybridized carbons (Fsp3) is 0.0149. The molecule has 1 N–H and O–H groups in total. The van der Waals surface area contributed by atoms with Gasteiger partial charge in [-0.15, -0.1) is 0 Å². The van der Waals surface area contributed by atoms with E-state index in [2.05, 4.69) is 251 Å². The average molecular weight is 932 g/mol. The number of nitrogens with one attached hydrogen (secondary N) is 1. The van der Waals surface area contributed by atoms with Crippen molar-refractivity contribution < 1.29 is 4.42 Å². The number of nitrogens with zero attached hydrogens (tertiary/aromatic N) is 4. The van der Waals surface area contributed by atoms with Crippen LogP contribution in [0.3, 0.4) is 0 Å². The summed E-state index contributed by atoms with van der Waals surface area (Å²) in [5.41, 5.74) is 11.2. The van der Waals surface area contributed by atoms with Crippen molar-refractivity contribution in [3.05, 3.63) is 253 Å². The van der Waals surface area contributed by atoms with Gasteiger partial charge in [0.2, 0.25) is 0 Å². The van der Waals surface area contributed by atoms with E-state index in [1.165, 1.54) is 37.7 Å². The van der Waals surface area contributed by atoms with Gasteiger partial charge in [-0.05, 0) is 117 Å². The van der Waals surface area contributed by atoms with Crippen LogP contribution in [0.5, 0.6) is 0 Å². The molecule has 0 aliphatic carbocycles. The molecule has 0 fully saturated rings. The van der Waals surface area contributed by atoms with E-state index >= 15 is 0 Å². The van der Waals surface area contributed by atoms with Gasteiger partial charge in [-0.3, -0.25) is 0 Å². The van der Waals surface area contributed by atoms with E-state index in [9.17, 15) is 0 Å². The molecule has 0 bridgehead atoms. The van der Waals surface area contributed by atoms with E-state index in [0.29, 0.717) is 5.84 Å². The fourth-order valence-corrected chi connectivity index (χ4v) is 12.0. The van der Waals surface area contributed by atoms with Gasteiger partial charge in [-0.1, -0.05) is 158 Å². The summed E-state index contributed by atoms with van der Waals surface area (Å²) in [6, 6.07) is 85.1. The molecule has 1 aliphatic heterocycles. The van der Waals surface area contributed by atoms with Crippen LogP contribution in [0.2, 0.25) is 0 Å². The maximum absolute atomic E-state index is 7.04. The molecular weight excluding hydrogens is 891 g/mol. The van der Waals surface area contributed by atoms with Crippen LogP contribution in [0.1, 0.15) is 22.9 Å². The first-order valence-corrected chi connectivity index (χ1v) is 24.9. The second kappa shape index (κ2) is 15.4. The molecule has 6 nitrogen and oxygen atoms in total. The lowest BCUT2D eigenvalue weighted by atomic mass is 9.98. The van der Waals surface area contributed by atoms with Crippen LogP contribution in [0.25, 0.3) is 120 Å². The number of para-hydroxylation sites is 2. The van der Waals surface area contributed by atoms with Gasteiger partial charge in [0.25, 0.3) is 0 Å². The van der Waals surface area contributed by atoms with Gasteiger partial charge >= 0.3 is 0 Å². The Balaban J connectivity index is 1.00. The van der Waals surface area contributed by atoms with Crippen molar-refractivity contribution in [3.8, 4) is 11.4 Å². The number of rotatable bonds is 5. The highest BCUT2D eigenvalue weighted by Crippen LogP contribution is 2.46. The highest BCUT2D eigenvalue weighted by Gasteiger charge is 2.30. The molecular formula is C67H41N5O. The van der Waals surface area contributed by atoms with Crippen molar-refractivity contribution in [2.45, 2.75) is 6.17 Å². The Labute approximate surface area is 418 Å². The van der Waals surface area contributed by atoms with Crippen molar-refractivity contribution in [3.63, 3.8) is 0 Å². The van der Waals surface area contributed by atoms with Crippen molar-refractivity contribution in [1.82, 2.24) is 14.5 Å². The monoisotopic (exact) mass is 931 g/mol. The lowest BCUT2D eigenvalue weighted by molar-refractivity contribution is 0.663. The predicted octanol–water partition coefficient (Wildman–Crippen LogP) is 16.9. The Kier molecular flexibility index (Phi) is 8.42. The van der Waals surface area contributed by atoms with Crippen LogP contribution < -0.4 is 5.32 Å². The smallest absolute Gasteiger partial charge is 0.159 e. The van der Waals surface area contributed by atoms with Gasteiger partial charge in [0.1, 0.15) is 17.0 Å². The minimum atomic E-state index is -0.616. The summed E-state index contributed by atoms with van der Waals surface area (Å²) in [6.45, 7) is 0. The Hall–Kier alpha value is -9.78. The third-order valence-corrected chi connectivity index (χ3v) is 15.3. The normalized spacial score (nSPS) is 14.2. The van der Waals surface area contributed by atoms with E-state index in [-0.39, 0.29) is 0 Å². The van der Waals surface area contributed by atoms with E-state index in [0.717, 1.165) is 105 Å². The Morgan fingerprint density at radius 1 is 0.384 bits per heavy atom. The summed E-state index contributed by atoms with van der Waals surface area (Å²) in [4.78, 5) is 11.3. The zero-order chi connectivity index (χ0) is 47.7. The average Bonchev–Trinajstić information content (AvgIpc) is 4.12. The third kappa shape index (κ3) is 5.98. The number of benzene rings is 12. The lowest BCUT2D eigenvalue weighted by Crippen LogP contribution is -2.34. The Morgan fingerprint density at radius 2 is 1.01 bits per heavy atom. The molecule has 15 aromatic rings. The molecule has 6 heteroatoms. The highest BCUT2D eigenvalue weighted by molar-refractivity contribution is 6.24. The third-order valence-electron chi connectivity index (χ3n) is 15.3. The predicted molar refractivity (Wildman–Crippen MR) is 304 cm³/mol. The van der Waals surface area contributed by atoms with Gasteiger partial charge in [-0.25, -0.2) is 9.98 Å². The molecule has 4 heterocycles. The first-order chi connectivity index (χ1) is 36.2. The molecule has 0 saturated heterocycles. The van der Waals surface area contributed by atoms with Crippen molar-refractivity contribution in [2.24, 2.45) is 9.98 Å². The molecule has 1 aliphatic rings. The SMILES string of the molecule is c1ccc(-n2c3ccccc3c3cc(C4=NC(c5ccc6ccccc6c5)=NC(c5c(-n6c7cc8ccccc8cc7c7c8ccccc8ccc76)ccc6oc7c8ccccc8ccc7c56)N4)ccc32)cc1. The first-order valence-electron chi connectivity index (χ1n) is 24.9. The molecule has 12 aromatic carbocycles. The molecule has 1 atom stereocenters. The summed E-state index contributed by atoms with van der Waals surface area (Å²) in [6.07, 6.45) is -0.616. The van der Waals surface area contributed by atoms with Gasteiger partial charge in [0.15, 0.2) is 12.0 Å². The molecule has 3 aromatic heterocycles. The van der Waals surface area contributed by atoms with Crippen LogP contribution in [0.15, 0.2) is 251 Å². The zero-order valence-corrected chi connectivity index (χ0v) is 39.3. The summed E-state index contributed by atoms with van der Waals surface area (Å²) < 4.78 is 11.9. The standard InChI is InChI=1S/C67H41N5O/c1-2-20-48(21-3-1)71-55-25-13-12-24-51(55)53-38-47(30-32-56(53)71)66-68-65(46-27-26-40-14-4-5-17-43(40)36-46)69-67(70-66)63-58(34-35-60-62(63)52-31-28-42-16-9-11-23-50(42)64(52)73-60)72-57-33-29-41-15-8-10-22-49(41)61(57)54-37-44-18-6-7-19-45(44)39-59(54)72/h1-39,67H,(H,68,69,70). The van der Waals surface area contributed by atoms with Crippen LogP contribution in [0, 0.1) is 0 Å². The van der Waals surface area contributed by atoms with E-state index in [4.69, 9.17) is 14.4 Å². The van der Waals surface area contributed by atoms with Crippen molar-refractivity contribution in [2.75, 3.05) is 0 Å². The number of furan rings is 1. The minimum absolute atomic E-state index is 0.616. The molecule has 0 saturated carbocycles. The number of hydrogen-bond acceptors (Lipinski definition) is 4. The first kappa shape index (κ1) is 40.0. The molecule has 73 heavy (non-hydrogen) atoms. The summed E-state index contributed by atoms with van der Waals surface area (Å²) in [7, 11) is 0. The topological polar surface area (TPSA) is 59.8 Å². The molecule has 1 unspecified atom stereocenters. The van der Waals surface area contributed by atoms with Gasteiger partial charge in [0.05, 0.1) is 27.8 Å². The summed E-state index contributed by atoms with van der Waals surface area (Å²) in [5, 5.41) is 20.1. The molecule has 16 rings (SSSR count). The number of fused-ring (bicyclic) bond motifs is 15. The quantitative estimate of drug-likeness (QED) is 0.187. The maximum atomic E-state index is 7.04. The number of aromatic nitrogens is 2. The Bertz CT molecular complexity index is 4900. The van der Waals surface area contributed by atoms with Gasteiger partial charge in [-0.2, -0.15) is 0 Å². The van der Waals surface area contributed by atoms with Crippen LogP contribution in [0.4, 0.5) is 0 Å². The summed E-state index contributed by atoms with van der Waals surface area (Å²) in [5.74, 6) is 1.39. The maximum Gasteiger partial charge on any atom is 0.159 e. The molecule has 0 amide bonds. The van der Waals surface area contributed by atoms with E-state index < -0.39 is 6.17 Å². The van der Waals surface area contributed by atoms with E-state index in [1.807, 2.05) is 0 Å². The number of aliphatic imine (C=N–C) groups is 2. The fourth-order valence-electron chi connectivity index (χ4n) is 12.0. The van der Waals surface area contributed by atoms with Crippen LogP contribution in [-0.4, -0.2) is 20.8 Å². The number of hydrogen-bond donors (Lipinski definition) is 1.